The summed E-state index contributed by atoms with van der Waals surface area (Å²) in [5.41, 5.74) is 8.94. The van der Waals surface area contributed by atoms with E-state index in [0.717, 1.165) is 28.8 Å². The van der Waals surface area contributed by atoms with Gasteiger partial charge in [0, 0.05) is 23.0 Å². The Morgan fingerprint density at radius 2 is 2.06 bits per heavy atom. The Balaban J connectivity index is 2.59. The molecule has 18 heavy (non-hydrogen) atoms. The molecule has 0 saturated carbocycles. The standard InChI is InChI=1S/C15H20N2O/c1-10-8-11(9-15(2,3)16)17-14-12(10)6-5-7-13(14)18-4/h5-8H,9,16H2,1-4H3. The molecule has 2 N–H and O–H groups in total. The number of ether oxygens (including phenoxy) is 1. The van der Waals surface area contributed by atoms with Gasteiger partial charge in [0.25, 0.3) is 0 Å². The zero-order valence-corrected chi connectivity index (χ0v) is 11.4. The molecule has 96 valence electrons. The third-order valence-corrected chi connectivity index (χ3v) is 2.92. The van der Waals surface area contributed by atoms with Gasteiger partial charge in [-0.25, -0.2) is 4.98 Å². The highest BCUT2D eigenvalue weighted by Gasteiger charge is 2.15. The van der Waals surface area contributed by atoms with Crippen LogP contribution in [0.5, 0.6) is 5.75 Å². The van der Waals surface area contributed by atoms with Gasteiger partial charge in [0.1, 0.15) is 11.3 Å². The molecule has 1 aromatic heterocycles. The molecular weight excluding hydrogens is 224 g/mol. The number of aromatic nitrogens is 1. The summed E-state index contributed by atoms with van der Waals surface area (Å²) in [6, 6.07) is 8.10. The second kappa shape index (κ2) is 4.58. The number of aryl methyl sites for hydroxylation is 1. The highest BCUT2D eigenvalue weighted by Crippen LogP contribution is 2.27. The van der Waals surface area contributed by atoms with Gasteiger partial charge in [-0.15, -0.1) is 0 Å². The van der Waals surface area contributed by atoms with E-state index in [4.69, 9.17) is 10.5 Å². The third kappa shape index (κ3) is 2.62. The first-order chi connectivity index (χ1) is 8.40. The van der Waals surface area contributed by atoms with Gasteiger partial charge in [-0.2, -0.15) is 0 Å². The van der Waals surface area contributed by atoms with Crippen molar-refractivity contribution in [3.63, 3.8) is 0 Å². The highest BCUT2D eigenvalue weighted by atomic mass is 16.5. The van der Waals surface area contributed by atoms with Crippen LogP contribution in [0.15, 0.2) is 24.3 Å². The van der Waals surface area contributed by atoms with Crippen molar-refractivity contribution in [2.45, 2.75) is 32.7 Å². The average Bonchev–Trinajstić information content (AvgIpc) is 2.26. The van der Waals surface area contributed by atoms with E-state index < -0.39 is 0 Å². The predicted molar refractivity (Wildman–Crippen MR) is 75.0 cm³/mol. The van der Waals surface area contributed by atoms with Crippen molar-refractivity contribution in [3.05, 3.63) is 35.5 Å². The lowest BCUT2D eigenvalue weighted by atomic mass is 9.98. The van der Waals surface area contributed by atoms with Crippen molar-refractivity contribution < 1.29 is 4.74 Å². The van der Waals surface area contributed by atoms with E-state index >= 15 is 0 Å². The number of hydrogen-bond acceptors (Lipinski definition) is 3. The summed E-state index contributed by atoms with van der Waals surface area (Å²) in [7, 11) is 1.67. The second-order valence-corrected chi connectivity index (χ2v) is 5.45. The van der Waals surface area contributed by atoms with Gasteiger partial charge in [-0.1, -0.05) is 12.1 Å². The van der Waals surface area contributed by atoms with Crippen molar-refractivity contribution in [3.8, 4) is 5.75 Å². The maximum absolute atomic E-state index is 6.06. The van der Waals surface area contributed by atoms with Crippen LogP contribution in [-0.2, 0) is 6.42 Å². The van der Waals surface area contributed by atoms with Gasteiger partial charge in [-0.3, -0.25) is 0 Å². The Labute approximate surface area is 108 Å². The molecule has 1 heterocycles. The third-order valence-electron chi connectivity index (χ3n) is 2.92. The molecular formula is C15H20N2O. The number of methoxy groups -OCH3 is 1. The predicted octanol–water partition coefficient (Wildman–Crippen LogP) is 2.83. The van der Waals surface area contributed by atoms with Gasteiger partial charge in [0.2, 0.25) is 0 Å². The lowest BCUT2D eigenvalue weighted by Gasteiger charge is -2.18. The van der Waals surface area contributed by atoms with E-state index in [1.54, 1.807) is 7.11 Å². The van der Waals surface area contributed by atoms with Crippen molar-refractivity contribution in [1.29, 1.82) is 0 Å². The fraction of sp³-hybridized carbons (Fsp3) is 0.400. The van der Waals surface area contributed by atoms with Gasteiger partial charge < -0.3 is 10.5 Å². The fourth-order valence-corrected chi connectivity index (χ4v) is 2.18. The number of para-hydroxylation sites is 1. The quantitative estimate of drug-likeness (QED) is 0.903. The molecule has 0 aliphatic carbocycles. The van der Waals surface area contributed by atoms with Gasteiger partial charge >= 0.3 is 0 Å². The van der Waals surface area contributed by atoms with Crippen LogP contribution in [0.1, 0.15) is 25.1 Å². The van der Waals surface area contributed by atoms with E-state index in [0.29, 0.717) is 0 Å². The SMILES string of the molecule is COc1cccc2c(C)cc(CC(C)(C)N)nc12. The van der Waals surface area contributed by atoms with Crippen LogP contribution in [0, 0.1) is 6.92 Å². The molecule has 2 rings (SSSR count). The lowest BCUT2D eigenvalue weighted by Crippen LogP contribution is -2.34. The number of fused-ring (bicyclic) bond motifs is 1. The van der Waals surface area contributed by atoms with E-state index in [2.05, 4.69) is 24.0 Å². The number of rotatable bonds is 3. The van der Waals surface area contributed by atoms with Crippen LogP contribution in [0.25, 0.3) is 10.9 Å². The monoisotopic (exact) mass is 244 g/mol. The lowest BCUT2D eigenvalue weighted by molar-refractivity contribution is 0.418. The summed E-state index contributed by atoms with van der Waals surface area (Å²) in [5, 5.41) is 1.13. The number of hydrogen-bond donors (Lipinski definition) is 1. The minimum atomic E-state index is -0.255. The molecule has 0 spiro atoms. The average molecular weight is 244 g/mol. The summed E-state index contributed by atoms with van der Waals surface area (Å²) in [4.78, 5) is 4.69. The van der Waals surface area contributed by atoms with E-state index in [9.17, 15) is 0 Å². The number of nitrogens with two attached hydrogens (primary N) is 1. The number of pyridine rings is 1. The first kappa shape index (κ1) is 12.8. The van der Waals surface area contributed by atoms with Crippen LogP contribution < -0.4 is 10.5 Å². The van der Waals surface area contributed by atoms with Crippen molar-refractivity contribution >= 4 is 10.9 Å². The summed E-state index contributed by atoms with van der Waals surface area (Å²) < 4.78 is 5.37. The first-order valence-electron chi connectivity index (χ1n) is 6.13. The van der Waals surface area contributed by atoms with Gasteiger partial charge in [-0.05, 0) is 38.5 Å². The Hall–Kier alpha value is -1.61. The number of nitrogens with zero attached hydrogens (tertiary/aromatic N) is 1. The van der Waals surface area contributed by atoms with Crippen molar-refractivity contribution in [2.75, 3.05) is 7.11 Å². The number of benzene rings is 1. The molecule has 0 atom stereocenters. The molecule has 0 fully saturated rings. The van der Waals surface area contributed by atoms with Crippen LogP contribution in [-0.4, -0.2) is 17.6 Å². The molecule has 0 amide bonds. The Bertz CT molecular complexity index is 570. The largest absolute Gasteiger partial charge is 0.494 e. The van der Waals surface area contributed by atoms with Gasteiger partial charge in [0.15, 0.2) is 0 Å². The molecule has 1 aromatic carbocycles. The smallest absolute Gasteiger partial charge is 0.145 e. The molecule has 3 nitrogen and oxygen atoms in total. The molecule has 2 aromatic rings. The van der Waals surface area contributed by atoms with E-state index in [1.165, 1.54) is 5.56 Å². The highest BCUT2D eigenvalue weighted by molar-refractivity contribution is 5.87. The summed E-state index contributed by atoms with van der Waals surface area (Å²) in [5.74, 6) is 0.812. The topological polar surface area (TPSA) is 48.1 Å². The van der Waals surface area contributed by atoms with Gasteiger partial charge in [0.05, 0.1) is 7.11 Å². The van der Waals surface area contributed by atoms with Crippen molar-refractivity contribution in [1.82, 2.24) is 4.98 Å². The minimum absolute atomic E-state index is 0.255. The normalized spacial score (nSPS) is 11.8. The Morgan fingerprint density at radius 3 is 2.67 bits per heavy atom. The summed E-state index contributed by atoms with van der Waals surface area (Å²) in [6.45, 7) is 6.11. The molecule has 3 heteroatoms. The Kier molecular flexibility index (Phi) is 3.26. The molecule has 0 aliphatic heterocycles. The summed E-state index contributed by atoms with van der Waals surface area (Å²) >= 11 is 0. The molecule has 0 aliphatic rings. The minimum Gasteiger partial charge on any atom is -0.494 e. The summed E-state index contributed by atoms with van der Waals surface area (Å²) in [6.07, 6.45) is 0.752. The molecule has 0 saturated heterocycles. The van der Waals surface area contributed by atoms with Crippen LogP contribution in [0.3, 0.4) is 0 Å². The van der Waals surface area contributed by atoms with Crippen LogP contribution >= 0.6 is 0 Å². The van der Waals surface area contributed by atoms with Crippen LogP contribution in [0.4, 0.5) is 0 Å². The zero-order valence-electron chi connectivity index (χ0n) is 11.4. The maximum Gasteiger partial charge on any atom is 0.145 e. The Morgan fingerprint density at radius 1 is 1.33 bits per heavy atom. The molecule has 0 bridgehead atoms. The molecule has 0 radical (unpaired) electrons. The van der Waals surface area contributed by atoms with E-state index in [1.807, 2.05) is 26.0 Å². The fourth-order valence-electron chi connectivity index (χ4n) is 2.18. The van der Waals surface area contributed by atoms with Crippen LogP contribution in [0.2, 0.25) is 0 Å². The molecule has 0 unspecified atom stereocenters. The first-order valence-corrected chi connectivity index (χ1v) is 6.13. The zero-order chi connectivity index (χ0) is 13.3. The van der Waals surface area contributed by atoms with Crippen molar-refractivity contribution in [2.24, 2.45) is 5.73 Å². The second-order valence-electron chi connectivity index (χ2n) is 5.45. The van der Waals surface area contributed by atoms with E-state index in [-0.39, 0.29) is 5.54 Å². The maximum atomic E-state index is 6.06.